The van der Waals surface area contributed by atoms with Crippen LogP contribution >= 0.6 is 35.5 Å². The van der Waals surface area contributed by atoms with Gasteiger partial charge in [0.05, 0.1) is 0 Å². The first-order valence-corrected chi connectivity index (χ1v) is 11.2. The fourth-order valence-electron chi connectivity index (χ4n) is 3.38. The molecule has 0 aliphatic carbocycles. The average molecular weight is 558 g/mol. The Morgan fingerprint density at radius 1 is 1.23 bits per heavy atom. The van der Waals surface area contributed by atoms with Gasteiger partial charge >= 0.3 is 0 Å². The third-order valence-electron chi connectivity index (χ3n) is 5.15. The van der Waals surface area contributed by atoms with Crippen LogP contribution in [-0.2, 0) is 17.8 Å². The summed E-state index contributed by atoms with van der Waals surface area (Å²) in [5.41, 5.74) is 1.14. The zero-order valence-corrected chi connectivity index (χ0v) is 21.6. The van der Waals surface area contributed by atoms with E-state index in [1.165, 1.54) is 11.5 Å². The van der Waals surface area contributed by atoms with Crippen molar-refractivity contribution in [3.8, 4) is 0 Å². The van der Waals surface area contributed by atoms with Gasteiger partial charge in [0.25, 0.3) is 0 Å². The number of rotatable bonds is 7. The van der Waals surface area contributed by atoms with E-state index < -0.39 is 0 Å². The molecule has 2 aromatic rings. The monoisotopic (exact) mass is 557 g/mol. The minimum absolute atomic E-state index is 0. The van der Waals surface area contributed by atoms with Crippen molar-refractivity contribution in [2.24, 2.45) is 4.99 Å². The highest BCUT2D eigenvalue weighted by Gasteiger charge is 2.22. The van der Waals surface area contributed by atoms with E-state index in [2.05, 4.69) is 36.4 Å². The molecule has 0 unspecified atom stereocenters. The number of nitrogens with zero attached hydrogens (tertiary/aromatic N) is 6. The van der Waals surface area contributed by atoms with E-state index in [1.807, 2.05) is 37.4 Å². The van der Waals surface area contributed by atoms with Gasteiger partial charge in [-0.05, 0) is 5.56 Å². The van der Waals surface area contributed by atoms with Crippen LogP contribution in [-0.4, -0.2) is 77.8 Å². The second-order valence-corrected chi connectivity index (χ2v) is 8.01. The Hall–Kier alpha value is -1.95. The van der Waals surface area contributed by atoms with Gasteiger partial charge in [-0.1, -0.05) is 37.3 Å². The van der Waals surface area contributed by atoms with Crippen molar-refractivity contribution in [3.63, 3.8) is 0 Å². The Bertz CT molecular complexity index is 837. The van der Waals surface area contributed by atoms with Gasteiger partial charge in [0, 0.05) is 77.7 Å². The standard InChI is InChI=1S/C21H31N7OS.HI/c1-4-18-24-21(30-25-18)28-14-12-27(13-15-28)20(22-2)23-11-10-19(29)26(3)16-17-8-6-5-7-9-17;/h5-9H,4,10-16H2,1-3H3,(H,22,23);1H. The highest BCUT2D eigenvalue weighted by molar-refractivity contribution is 14.0. The van der Waals surface area contributed by atoms with Crippen LogP contribution in [0.15, 0.2) is 35.3 Å². The quantitative estimate of drug-likeness (QED) is 0.321. The molecule has 0 atom stereocenters. The molecular formula is C21H32IN7OS. The first-order valence-electron chi connectivity index (χ1n) is 10.4. The molecule has 1 aromatic heterocycles. The lowest BCUT2D eigenvalue weighted by Gasteiger charge is -2.36. The zero-order valence-electron chi connectivity index (χ0n) is 18.5. The number of guanidine groups is 1. The molecule has 1 amide bonds. The number of amides is 1. The second kappa shape index (κ2) is 12.8. The van der Waals surface area contributed by atoms with Gasteiger partial charge in [-0.3, -0.25) is 9.79 Å². The molecule has 0 radical (unpaired) electrons. The van der Waals surface area contributed by atoms with Crippen molar-refractivity contribution in [1.82, 2.24) is 24.5 Å². The first-order chi connectivity index (χ1) is 14.6. The number of hydrogen-bond donors (Lipinski definition) is 1. The lowest BCUT2D eigenvalue weighted by Crippen LogP contribution is -2.52. The lowest BCUT2D eigenvalue weighted by atomic mass is 10.2. The number of piperazine rings is 1. The average Bonchev–Trinajstić information content (AvgIpc) is 3.27. The van der Waals surface area contributed by atoms with E-state index in [9.17, 15) is 4.79 Å². The van der Waals surface area contributed by atoms with Gasteiger partial charge in [-0.15, -0.1) is 24.0 Å². The number of carbonyl (C=O) groups is 1. The van der Waals surface area contributed by atoms with Crippen LogP contribution in [0.1, 0.15) is 24.7 Å². The number of benzene rings is 1. The van der Waals surface area contributed by atoms with E-state index in [1.54, 1.807) is 11.9 Å². The third-order valence-corrected chi connectivity index (χ3v) is 5.96. The van der Waals surface area contributed by atoms with E-state index >= 15 is 0 Å². The summed E-state index contributed by atoms with van der Waals surface area (Å²) >= 11 is 1.47. The molecule has 1 fully saturated rings. The number of hydrogen-bond acceptors (Lipinski definition) is 6. The summed E-state index contributed by atoms with van der Waals surface area (Å²) in [5.74, 6) is 1.88. The maximum absolute atomic E-state index is 12.4. The van der Waals surface area contributed by atoms with Crippen LogP contribution in [0.25, 0.3) is 0 Å². The van der Waals surface area contributed by atoms with Crippen LogP contribution < -0.4 is 10.2 Å². The summed E-state index contributed by atoms with van der Waals surface area (Å²) in [7, 11) is 3.64. The molecule has 2 heterocycles. The maximum Gasteiger partial charge on any atom is 0.224 e. The van der Waals surface area contributed by atoms with Crippen LogP contribution in [0.2, 0.25) is 0 Å². The van der Waals surface area contributed by atoms with Crippen LogP contribution in [0.4, 0.5) is 5.13 Å². The molecule has 0 bridgehead atoms. The Balaban J connectivity index is 0.00000341. The van der Waals surface area contributed by atoms with Gasteiger partial charge < -0.3 is 20.0 Å². The fourth-order valence-corrected chi connectivity index (χ4v) is 4.18. The van der Waals surface area contributed by atoms with Gasteiger partial charge in [-0.25, -0.2) is 4.98 Å². The number of aryl methyl sites for hydroxylation is 1. The summed E-state index contributed by atoms with van der Waals surface area (Å²) in [5, 5.41) is 4.34. The van der Waals surface area contributed by atoms with Crippen LogP contribution in [0.3, 0.4) is 0 Å². The predicted molar refractivity (Wildman–Crippen MR) is 137 cm³/mol. The molecule has 3 rings (SSSR count). The minimum Gasteiger partial charge on any atom is -0.356 e. The van der Waals surface area contributed by atoms with E-state index in [0.29, 0.717) is 19.5 Å². The molecule has 1 N–H and O–H groups in total. The molecule has 10 heteroatoms. The van der Waals surface area contributed by atoms with Gasteiger partial charge in [0.1, 0.15) is 5.82 Å². The molecule has 1 aromatic carbocycles. The van der Waals surface area contributed by atoms with Gasteiger partial charge in [-0.2, -0.15) is 4.37 Å². The van der Waals surface area contributed by atoms with E-state index in [-0.39, 0.29) is 29.9 Å². The molecule has 0 saturated carbocycles. The van der Waals surface area contributed by atoms with E-state index in [4.69, 9.17) is 0 Å². The topological polar surface area (TPSA) is 77.0 Å². The number of halogens is 1. The molecule has 31 heavy (non-hydrogen) atoms. The number of carbonyl (C=O) groups excluding carboxylic acids is 1. The number of anilines is 1. The summed E-state index contributed by atoms with van der Waals surface area (Å²) in [6.07, 6.45) is 1.30. The van der Waals surface area contributed by atoms with Crippen molar-refractivity contribution in [3.05, 3.63) is 41.7 Å². The molecular weight excluding hydrogens is 525 g/mol. The lowest BCUT2D eigenvalue weighted by molar-refractivity contribution is -0.130. The first kappa shape index (κ1) is 25.3. The number of nitrogens with one attached hydrogen (secondary N) is 1. The van der Waals surface area contributed by atoms with Crippen LogP contribution in [0, 0.1) is 0 Å². The third kappa shape index (κ3) is 7.30. The zero-order chi connectivity index (χ0) is 21.3. The molecule has 170 valence electrons. The smallest absolute Gasteiger partial charge is 0.224 e. The van der Waals surface area contributed by atoms with Gasteiger partial charge in [0.2, 0.25) is 11.0 Å². The van der Waals surface area contributed by atoms with Gasteiger partial charge in [0.15, 0.2) is 5.96 Å². The van der Waals surface area contributed by atoms with Crippen molar-refractivity contribution in [1.29, 1.82) is 0 Å². The van der Waals surface area contributed by atoms with Crippen molar-refractivity contribution < 1.29 is 4.79 Å². The summed E-state index contributed by atoms with van der Waals surface area (Å²) < 4.78 is 4.38. The SMILES string of the molecule is CCc1nsc(N2CCN(C(=NC)NCCC(=O)N(C)Cc3ccccc3)CC2)n1.I. The van der Waals surface area contributed by atoms with Crippen molar-refractivity contribution in [2.75, 3.05) is 51.7 Å². The summed E-state index contributed by atoms with van der Waals surface area (Å²) in [6, 6.07) is 10.0. The number of aromatic nitrogens is 2. The Morgan fingerprint density at radius 2 is 1.94 bits per heavy atom. The van der Waals surface area contributed by atoms with E-state index in [0.717, 1.165) is 55.1 Å². The Labute approximate surface area is 205 Å². The maximum atomic E-state index is 12.4. The fraction of sp³-hybridized carbons (Fsp3) is 0.524. The molecule has 1 saturated heterocycles. The Morgan fingerprint density at radius 3 is 2.55 bits per heavy atom. The Kier molecular flexibility index (Phi) is 10.4. The number of aliphatic imine (C=N–C) groups is 1. The molecule has 1 aliphatic heterocycles. The van der Waals surface area contributed by atoms with Crippen molar-refractivity contribution >= 4 is 52.5 Å². The predicted octanol–water partition coefficient (Wildman–Crippen LogP) is 2.46. The highest BCUT2D eigenvalue weighted by atomic mass is 127. The summed E-state index contributed by atoms with van der Waals surface area (Å²) in [6.45, 7) is 6.77. The summed E-state index contributed by atoms with van der Waals surface area (Å²) in [4.78, 5) is 27.7. The molecule has 0 spiro atoms. The van der Waals surface area contributed by atoms with Crippen LogP contribution in [0.5, 0.6) is 0 Å². The second-order valence-electron chi connectivity index (χ2n) is 7.28. The highest BCUT2D eigenvalue weighted by Crippen LogP contribution is 2.19. The van der Waals surface area contributed by atoms with Crippen molar-refractivity contribution in [2.45, 2.75) is 26.3 Å². The normalized spacial score (nSPS) is 14.2. The minimum atomic E-state index is 0. The molecule has 1 aliphatic rings. The largest absolute Gasteiger partial charge is 0.356 e. The molecule has 8 nitrogen and oxygen atoms in total.